The Bertz CT molecular complexity index is 964. The van der Waals surface area contributed by atoms with Crippen molar-refractivity contribution in [2.24, 2.45) is 0 Å². The van der Waals surface area contributed by atoms with E-state index >= 15 is 0 Å². The summed E-state index contributed by atoms with van der Waals surface area (Å²) in [6.07, 6.45) is 6.90. The monoisotopic (exact) mass is 390 g/mol. The van der Waals surface area contributed by atoms with Crippen molar-refractivity contribution >= 4 is 12.0 Å². The van der Waals surface area contributed by atoms with E-state index in [1.807, 2.05) is 74.9 Å². The first-order valence-corrected chi connectivity index (χ1v) is 9.44. The molecule has 0 bridgehead atoms. The zero-order chi connectivity index (χ0) is 20.6. The van der Waals surface area contributed by atoms with Crippen LogP contribution in [-0.2, 0) is 4.79 Å². The van der Waals surface area contributed by atoms with E-state index in [-0.39, 0.29) is 11.9 Å². The van der Waals surface area contributed by atoms with Crippen molar-refractivity contribution < 1.29 is 9.53 Å². The molecule has 6 nitrogen and oxygen atoms in total. The van der Waals surface area contributed by atoms with Crippen molar-refractivity contribution in [2.45, 2.75) is 6.04 Å². The Hall–Kier alpha value is -3.38. The second-order valence-electron chi connectivity index (χ2n) is 6.85. The third kappa shape index (κ3) is 5.33. The summed E-state index contributed by atoms with van der Waals surface area (Å²) < 4.78 is 7.24. The van der Waals surface area contributed by atoms with Crippen molar-refractivity contribution in [3.05, 3.63) is 84.2 Å². The molecule has 0 aliphatic heterocycles. The second-order valence-corrected chi connectivity index (χ2v) is 6.85. The van der Waals surface area contributed by atoms with Gasteiger partial charge in [0, 0.05) is 29.9 Å². The zero-order valence-corrected chi connectivity index (χ0v) is 16.9. The molecule has 1 atom stereocenters. The summed E-state index contributed by atoms with van der Waals surface area (Å²) in [4.78, 5) is 14.4. The maximum Gasteiger partial charge on any atom is 0.244 e. The van der Waals surface area contributed by atoms with Crippen LogP contribution in [-0.4, -0.2) is 48.3 Å². The minimum Gasteiger partial charge on any atom is -0.496 e. The zero-order valence-electron chi connectivity index (χ0n) is 16.9. The number of nitrogens with one attached hydrogen (secondary N) is 1. The predicted molar refractivity (Wildman–Crippen MR) is 115 cm³/mol. The van der Waals surface area contributed by atoms with E-state index in [9.17, 15) is 4.79 Å². The Labute approximate surface area is 171 Å². The molecule has 6 heteroatoms. The molecule has 1 aromatic heterocycles. The van der Waals surface area contributed by atoms with Gasteiger partial charge in [-0.1, -0.05) is 36.4 Å². The Balaban J connectivity index is 1.62. The largest absolute Gasteiger partial charge is 0.496 e. The van der Waals surface area contributed by atoms with E-state index in [4.69, 9.17) is 4.74 Å². The number of hydrogen-bond acceptors (Lipinski definition) is 4. The van der Waals surface area contributed by atoms with Gasteiger partial charge in [0.15, 0.2) is 0 Å². The molecule has 0 saturated carbocycles. The third-order valence-electron chi connectivity index (χ3n) is 4.64. The van der Waals surface area contributed by atoms with Gasteiger partial charge in [-0.05, 0) is 38.4 Å². The molecule has 150 valence electrons. The van der Waals surface area contributed by atoms with Crippen LogP contribution in [0, 0.1) is 0 Å². The van der Waals surface area contributed by atoms with E-state index < -0.39 is 0 Å². The topological polar surface area (TPSA) is 59.4 Å². The molecule has 1 heterocycles. The molecule has 1 N–H and O–H groups in total. The molecule has 29 heavy (non-hydrogen) atoms. The summed E-state index contributed by atoms with van der Waals surface area (Å²) in [6, 6.07) is 17.7. The molecular formula is C23H26N4O2. The van der Waals surface area contributed by atoms with Crippen LogP contribution < -0.4 is 10.1 Å². The normalized spacial score (nSPS) is 12.3. The summed E-state index contributed by atoms with van der Waals surface area (Å²) in [5.74, 6) is 0.656. The minimum absolute atomic E-state index is 0.00401. The van der Waals surface area contributed by atoms with Gasteiger partial charge in [-0.15, -0.1) is 0 Å². The van der Waals surface area contributed by atoms with Crippen LogP contribution >= 0.6 is 0 Å². The van der Waals surface area contributed by atoms with Crippen LogP contribution in [0.5, 0.6) is 5.75 Å². The van der Waals surface area contributed by atoms with Crippen LogP contribution in [0.2, 0.25) is 0 Å². The molecule has 0 aliphatic carbocycles. The Kier molecular flexibility index (Phi) is 6.81. The first-order chi connectivity index (χ1) is 14.1. The van der Waals surface area contributed by atoms with Gasteiger partial charge >= 0.3 is 0 Å². The number of likely N-dealkylation sites (N-methyl/N-ethyl adjacent to an activating group) is 1. The van der Waals surface area contributed by atoms with Crippen LogP contribution in [0.3, 0.4) is 0 Å². The smallest absolute Gasteiger partial charge is 0.244 e. The lowest BCUT2D eigenvalue weighted by molar-refractivity contribution is -0.116. The number of para-hydroxylation sites is 2. The van der Waals surface area contributed by atoms with E-state index in [0.29, 0.717) is 6.54 Å². The van der Waals surface area contributed by atoms with Gasteiger partial charge in [0.05, 0.1) is 25.0 Å². The summed E-state index contributed by atoms with van der Waals surface area (Å²) in [5.41, 5.74) is 2.87. The highest BCUT2D eigenvalue weighted by molar-refractivity contribution is 5.91. The molecule has 3 rings (SSSR count). The summed E-state index contributed by atoms with van der Waals surface area (Å²) in [5, 5.41) is 7.31. The molecular weight excluding hydrogens is 364 g/mol. The Morgan fingerprint density at radius 1 is 1.17 bits per heavy atom. The number of benzene rings is 2. The summed E-state index contributed by atoms with van der Waals surface area (Å²) in [6.45, 7) is 0.472. The molecule has 0 aliphatic rings. The van der Waals surface area contributed by atoms with E-state index in [1.54, 1.807) is 24.1 Å². The molecule has 1 unspecified atom stereocenters. The van der Waals surface area contributed by atoms with Gasteiger partial charge in [-0.25, -0.2) is 4.68 Å². The number of ether oxygens (including phenoxy) is 1. The van der Waals surface area contributed by atoms with Crippen molar-refractivity contribution in [1.29, 1.82) is 0 Å². The SMILES string of the molecule is COc1ccccc1C(CNC(=O)C=Cc1cnn(-c2ccccc2)c1)N(C)C. The standard InChI is InChI=1S/C23H26N4O2/c1-26(2)21(20-11-7-8-12-22(20)29-3)16-24-23(28)14-13-18-15-25-27(17-18)19-9-5-4-6-10-19/h4-15,17,21H,16H2,1-3H3,(H,24,28). The maximum atomic E-state index is 12.3. The highest BCUT2D eigenvalue weighted by Crippen LogP contribution is 2.27. The highest BCUT2D eigenvalue weighted by atomic mass is 16.5. The fourth-order valence-electron chi connectivity index (χ4n) is 3.09. The van der Waals surface area contributed by atoms with Crippen LogP contribution in [0.1, 0.15) is 17.2 Å². The van der Waals surface area contributed by atoms with Crippen molar-refractivity contribution in [2.75, 3.05) is 27.7 Å². The van der Waals surface area contributed by atoms with Crippen LogP contribution in [0.25, 0.3) is 11.8 Å². The average molecular weight is 390 g/mol. The average Bonchev–Trinajstić information content (AvgIpc) is 3.22. The molecule has 2 aromatic carbocycles. The van der Waals surface area contributed by atoms with Crippen molar-refractivity contribution in [3.8, 4) is 11.4 Å². The molecule has 0 fully saturated rings. The number of nitrogens with zero attached hydrogens (tertiary/aromatic N) is 3. The predicted octanol–water partition coefficient (Wildman–Crippen LogP) is 3.31. The maximum absolute atomic E-state index is 12.3. The number of amides is 1. The van der Waals surface area contributed by atoms with Gasteiger partial charge in [0.2, 0.25) is 5.91 Å². The summed E-state index contributed by atoms with van der Waals surface area (Å²) in [7, 11) is 5.62. The van der Waals surface area contributed by atoms with E-state index in [2.05, 4.69) is 15.3 Å². The quantitative estimate of drug-likeness (QED) is 0.600. The van der Waals surface area contributed by atoms with Gasteiger partial charge in [-0.3, -0.25) is 4.79 Å². The summed E-state index contributed by atoms with van der Waals surface area (Å²) >= 11 is 0. The lowest BCUT2D eigenvalue weighted by Crippen LogP contribution is -2.33. The number of methoxy groups -OCH3 is 1. The Morgan fingerprint density at radius 3 is 2.62 bits per heavy atom. The fraction of sp³-hybridized carbons (Fsp3) is 0.217. The minimum atomic E-state index is -0.154. The molecule has 1 amide bonds. The first kappa shape index (κ1) is 20.4. The number of rotatable bonds is 8. The molecule has 0 saturated heterocycles. The molecule has 0 radical (unpaired) electrons. The fourth-order valence-corrected chi connectivity index (χ4v) is 3.09. The van der Waals surface area contributed by atoms with Crippen LogP contribution in [0.15, 0.2) is 73.1 Å². The highest BCUT2D eigenvalue weighted by Gasteiger charge is 2.18. The lowest BCUT2D eigenvalue weighted by Gasteiger charge is -2.26. The van der Waals surface area contributed by atoms with E-state index in [1.165, 1.54) is 6.08 Å². The number of carbonyl (C=O) groups excluding carboxylic acids is 1. The third-order valence-corrected chi connectivity index (χ3v) is 4.64. The van der Waals surface area contributed by atoms with Gasteiger partial charge < -0.3 is 15.0 Å². The van der Waals surface area contributed by atoms with Gasteiger partial charge in [-0.2, -0.15) is 5.10 Å². The van der Waals surface area contributed by atoms with Gasteiger partial charge in [0.1, 0.15) is 5.75 Å². The van der Waals surface area contributed by atoms with Gasteiger partial charge in [0.25, 0.3) is 0 Å². The molecule has 0 spiro atoms. The number of aromatic nitrogens is 2. The lowest BCUT2D eigenvalue weighted by atomic mass is 10.0. The van der Waals surface area contributed by atoms with Crippen molar-refractivity contribution in [1.82, 2.24) is 20.0 Å². The Morgan fingerprint density at radius 2 is 1.90 bits per heavy atom. The first-order valence-electron chi connectivity index (χ1n) is 9.44. The van der Waals surface area contributed by atoms with E-state index in [0.717, 1.165) is 22.6 Å². The number of carbonyl (C=O) groups is 1. The van der Waals surface area contributed by atoms with Crippen LogP contribution in [0.4, 0.5) is 0 Å². The van der Waals surface area contributed by atoms with Crippen molar-refractivity contribution in [3.63, 3.8) is 0 Å². The molecule has 3 aromatic rings. The number of hydrogen-bond donors (Lipinski definition) is 1. The second kappa shape index (κ2) is 9.71.